The number of pyridine rings is 2. The number of para-hydroxylation sites is 2. The first kappa shape index (κ1) is 32.0. The number of benzene rings is 4. The largest absolute Gasteiger partial charge is 0.277 e. The Morgan fingerprint density at radius 1 is 0.488 bits per heavy atom. The van der Waals surface area contributed by atoms with Crippen molar-refractivity contribution in [2.45, 2.75) is 23.6 Å². The fraction of sp³-hybridized carbons (Fsp3) is 0.0625. The van der Waals surface area contributed by atoms with Crippen molar-refractivity contribution in [3.8, 4) is 0 Å². The van der Waals surface area contributed by atoms with E-state index in [4.69, 9.17) is 0 Å². The molecule has 0 amide bonds. The first-order chi connectivity index (χ1) is 20.1. The summed E-state index contributed by atoms with van der Waals surface area (Å²) in [6, 6.07) is 31.7. The molecule has 6 aromatic rings. The first-order valence-electron chi connectivity index (χ1n) is 13.0. The number of aromatic nitrogens is 2. The molecule has 4 aromatic carbocycles. The summed E-state index contributed by atoms with van der Waals surface area (Å²) >= 11 is 0. The summed E-state index contributed by atoms with van der Waals surface area (Å²) in [5.74, 6) is 0. The molecule has 0 aliphatic heterocycles. The minimum atomic E-state index is -3.61. The van der Waals surface area contributed by atoms with Gasteiger partial charge in [0.15, 0.2) is 0 Å². The molecule has 0 unspecified atom stereocenters. The minimum Gasteiger partial charge on any atom is -0.277 e. The number of hydrogen-bond acceptors (Lipinski definition) is 6. The number of aryl methyl sites for hydroxylation is 2. The monoisotopic (exact) mass is 710 g/mol. The number of anilines is 2. The minimum absolute atomic E-state index is 0. The molecule has 0 aliphatic carbocycles. The van der Waals surface area contributed by atoms with Crippen LogP contribution in [-0.4, -0.2) is 26.8 Å². The van der Waals surface area contributed by atoms with Crippen LogP contribution in [0.15, 0.2) is 131 Å². The van der Waals surface area contributed by atoms with Crippen LogP contribution in [0.25, 0.3) is 21.8 Å². The Bertz CT molecular complexity index is 1920. The molecule has 0 aliphatic rings. The van der Waals surface area contributed by atoms with Gasteiger partial charge in [-0.05, 0) is 62.4 Å². The first-order valence-corrected chi connectivity index (χ1v) is 16.0. The number of nitrogens with one attached hydrogen (secondary N) is 2. The van der Waals surface area contributed by atoms with E-state index >= 15 is 0 Å². The van der Waals surface area contributed by atoms with Crippen molar-refractivity contribution in [1.29, 1.82) is 0 Å². The molecule has 11 heteroatoms. The van der Waals surface area contributed by atoms with E-state index in [1.165, 1.54) is 0 Å². The van der Waals surface area contributed by atoms with E-state index in [-0.39, 0.29) is 37.1 Å². The van der Waals surface area contributed by atoms with E-state index in [2.05, 4.69) is 19.4 Å². The van der Waals surface area contributed by atoms with E-state index in [9.17, 15) is 16.8 Å². The van der Waals surface area contributed by atoms with Gasteiger partial charge in [0, 0.05) is 50.5 Å². The van der Waals surface area contributed by atoms with Crippen LogP contribution < -0.4 is 9.44 Å². The average molecular weight is 709 g/mol. The van der Waals surface area contributed by atoms with E-state index in [0.29, 0.717) is 22.4 Å². The van der Waals surface area contributed by atoms with Crippen molar-refractivity contribution < 1.29 is 44.1 Å². The molecule has 2 N–H and O–H groups in total. The summed E-state index contributed by atoms with van der Waals surface area (Å²) < 4.78 is 54.9. The zero-order valence-corrected chi connectivity index (χ0v) is 29.3. The Balaban J connectivity index is 0.000000192. The topological polar surface area (TPSA) is 118 Å². The number of fused-ring (bicyclic) bond motifs is 2. The molecule has 0 atom stereocenters. The zero-order chi connectivity index (χ0) is 29.7. The fourth-order valence-corrected chi connectivity index (χ4v) is 6.35. The third-order valence-electron chi connectivity index (χ3n) is 6.42. The maximum atomic E-state index is 12.4. The van der Waals surface area contributed by atoms with E-state index in [1.54, 1.807) is 85.2 Å². The van der Waals surface area contributed by atoms with Crippen molar-refractivity contribution in [1.82, 2.24) is 9.97 Å². The Kier molecular flexibility index (Phi) is 10.1. The third-order valence-corrected chi connectivity index (χ3v) is 9.18. The van der Waals surface area contributed by atoms with E-state index in [0.717, 1.165) is 21.9 Å². The van der Waals surface area contributed by atoms with Gasteiger partial charge in [-0.15, -0.1) is 0 Å². The van der Waals surface area contributed by atoms with Gasteiger partial charge in [-0.3, -0.25) is 19.4 Å². The summed E-state index contributed by atoms with van der Waals surface area (Å²) in [6.45, 7) is 3.83. The summed E-state index contributed by atoms with van der Waals surface area (Å²) in [5.41, 5.74) is 4.26. The van der Waals surface area contributed by atoms with Gasteiger partial charge in [0.05, 0.1) is 32.2 Å². The second-order valence-corrected chi connectivity index (χ2v) is 13.0. The molecule has 8 nitrogen and oxygen atoms in total. The molecule has 6 rings (SSSR count). The second-order valence-electron chi connectivity index (χ2n) is 9.60. The number of hydrogen-bond donors (Lipinski definition) is 2. The van der Waals surface area contributed by atoms with Gasteiger partial charge >= 0.3 is 0 Å². The van der Waals surface area contributed by atoms with Crippen LogP contribution in [0.2, 0.25) is 0 Å². The SMILES string of the molecule is Cc1ccc(S(=O)(=O)Nc2cccc3cccnc23)cc1.Cc1ccc(S(=O)(=O)Nc2cccc3cccnc23)cc1.[Cd]. The predicted molar refractivity (Wildman–Crippen MR) is 167 cm³/mol. The van der Waals surface area contributed by atoms with E-state index in [1.807, 2.05) is 50.2 Å². The molecule has 2 heterocycles. The van der Waals surface area contributed by atoms with Gasteiger partial charge in [0.25, 0.3) is 20.0 Å². The number of nitrogens with zero attached hydrogens (tertiary/aromatic N) is 2. The standard InChI is InChI=1S/2C16H14N2O2S.Cd/c2*1-12-7-9-14(10-8-12)21(19,20)18-15-6-2-4-13-5-3-11-17-16(13)15;/h2*2-11,18H,1H3;. The van der Waals surface area contributed by atoms with Crippen LogP contribution in [-0.2, 0) is 47.3 Å². The summed E-state index contributed by atoms with van der Waals surface area (Å²) in [7, 11) is -7.22. The number of rotatable bonds is 6. The average Bonchev–Trinajstić information content (AvgIpc) is 2.98. The molecular weight excluding hydrogens is 681 g/mol. The van der Waals surface area contributed by atoms with Gasteiger partial charge in [-0.2, -0.15) is 0 Å². The third kappa shape index (κ3) is 7.75. The van der Waals surface area contributed by atoms with Crippen molar-refractivity contribution in [3.63, 3.8) is 0 Å². The zero-order valence-electron chi connectivity index (χ0n) is 23.6. The Hall–Kier alpha value is -3.88. The van der Waals surface area contributed by atoms with Crippen molar-refractivity contribution >= 4 is 53.2 Å². The van der Waals surface area contributed by atoms with Crippen LogP contribution in [0, 0.1) is 13.8 Å². The molecule has 0 saturated heterocycles. The maximum absolute atomic E-state index is 12.4. The molecule has 0 saturated carbocycles. The van der Waals surface area contributed by atoms with Crippen molar-refractivity contribution in [3.05, 3.63) is 133 Å². The van der Waals surface area contributed by atoms with Gasteiger partial charge in [0.2, 0.25) is 0 Å². The Morgan fingerprint density at radius 3 is 1.21 bits per heavy atom. The molecule has 0 spiro atoms. The molecule has 0 fully saturated rings. The van der Waals surface area contributed by atoms with Gasteiger partial charge in [0.1, 0.15) is 0 Å². The molecule has 2 aromatic heterocycles. The predicted octanol–water partition coefficient (Wildman–Crippen LogP) is 6.69. The van der Waals surface area contributed by atoms with Crippen LogP contribution in [0.5, 0.6) is 0 Å². The molecule has 214 valence electrons. The van der Waals surface area contributed by atoms with E-state index < -0.39 is 20.0 Å². The summed E-state index contributed by atoms with van der Waals surface area (Å²) in [6.07, 6.45) is 3.29. The summed E-state index contributed by atoms with van der Waals surface area (Å²) in [4.78, 5) is 8.97. The van der Waals surface area contributed by atoms with Crippen LogP contribution in [0.1, 0.15) is 11.1 Å². The quantitative estimate of drug-likeness (QED) is 0.186. The van der Waals surface area contributed by atoms with Crippen LogP contribution >= 0.6 is 0 Å². The fourth-order valence-electron chi connectivity index (χ4n) is 4.22. The van der Waals surface area contributed by atoms with Gasteiger partial charge in [-0.25, -0.2) is 16.8 Å². The molecule has 43 heavy (non-hydrogen) atoms. The molecule has 0 radical (unpaired) electrons. The molecule has 0 bridgehead atoms. The van der Waals surface area contributed by atoms with Crippen LogP contribution in [0.4, 0.5) is 11.4 Å². The maximum Gasteiger partial charge on any atom is 0.261 e. The second kappa shape index (κ2) is 13.6. The van der Waals surface area contributed by atoms with Crippen molar-refractivity contribution in [2.75, 3.05) is 9.44 Å². The van der Waals surface area contributed by atoms with Gasteiger partial charge < -0.3 is 0 Å². The Morgan fingerprint density at radius 2 is 0.837 bits per heavy atom. The summed E-state index contributed by atoms with van der Waals surface area (Å²) in [5, 5.41) is 1.78. The Labute approximate surface area is 271 Å². The normalized spacial score (nSPS) is 11.2. The number of sulfonamides is 2. The van der Waals surface area contributed by atoms with Crippen LogP contribution in [0.3, 0.4) is 0 Å². The van der Waals surface area contributed by atoms with Crippen molar-refractivity contribution in [2.24, 2.45) is 0 Å². The van der Waals surface area contributed by atoms with Gasteiger partial charge in [-0.1, -0.05) is 71.8 Å². The smallest absolute Gasteiger partial charge is 0.261 e. The molecular formula is C32H28CdN4O4S2.